The van der Waals surface area contributed by atoms with E-state index in [1.807, 2.05) is 44.2 Å². The maximum Gasteiger partial charge on any atom is 0.318 e. The summed E-state index contributed by atoms with van der Waals surface area (Å²) in [5.74, 6) is -0.146. The van der Waals surface area contributed by atoms with Gasteiger partial charge in [-0.2, -0.15) is 0 Å². The third-order valence-electron chi connectivity index (χ3n) is 6.20. The molecule has 1 saturated heterocycles. The summed E-state index contributed by atoms with van der Waals surface area (Å²) < 4.78 is 25.7. The summed E-state index contributed by atoms with van der Waals surface area (Å²) in [6, 6.07) is 16.5. The highest BCUT2D eigenvalue weighted by Crippen LogP contribution is 2.14. The van der Waals surface area contributed by atoms with Gasteiger partial charge in [0.05, 0.1) is 4.90 Å². The quantitative estimate of drug-likeness (QED) is 0.417. The largest absolute Gasteiger partial charge is 0.348 e. The Balaban J connectivity index is 1.75. The maximum absolute atomic E-state index is 13.4. The lowest BCUT2D eigenvalue weighted by atomic mass is 10.0. The van der Waals surface area contributed by atoms with E-state index in [0.29, 0.717) is 32.4 Å². The number of nitrogens with zero attached hydrogens (tertiary/aromatic N) is 1. The highest BCUT2D eigenvalue weighted by atomic mass is 32.2. The molecular formula is C28H38N4O4S. The normalized spacial score (nSPS) is 15.9. The minimum atomic E-state index is -3.66. The number of nitrogens with one attached hydrogen (secondary N) is 3. The Labute approximate surface area is 220 Å². The van der Waals surface area contributed by atoms with Crippen molar-refractivity contribution in [3.05, 3.63) is 77.7 Å². The van der Waals surface area contributed by atoms with E-state index in [-0.39, 0.29) is 22.8 Å². The molecule has 3 amide bonds. The second-order valence-corrected chi connectivity index (χ2v) is 11.5. The summed E-state index contributed by atoms with van der Waals surface area (Å²) in [7, 11) is -3.66. The lowest BCUT2D eigenvalue weighted by molar-refractivity contribution is -0.123. The van der Waals surface area contributed by atoms with Crippen LogP contribution in [0.25, 0.3) is 0 Å². The molecule has 1 aliphatic heterocycles. The lowest BCUT2D eigenvalue weighted by Gasteiger charge is -2.30. The maximum atomic E-state index is 13.4. The van der Waals surface area contributed by atoms with Gasteiger partial charge in [-0.3, -0.25) is 4.79 Å². The number of carbonyl (C=O) groups excluding carboxylic acids is 2. The van der Waals surface area contributed by atoms with E-state index < -0.39 is 21.9 Å². The summed E-state index contributed by atoms with van der Waals surface area (Å²) in [5.41, 5.74) is 1.09. The molecule has 0 unspecified atom stereocenters. The number of carbonyl (C=O) groups is 2. The topological polar surface area (TPSA) is 108 Å². The smallest absolute Gasteiger partial charge is 0.318 e. The van der Waals surface area contributed by atoms with E-state index in [1.165, 1.54) is 6.08 Å². The first-order valence-corrected chi connectivity index (χ1v) is 14.4. The molecule has 2 aromatic carbocycles. The van der Waals surface area contributed by atoms with Crippen LogP contribution >= 0.6 is 0 Å². The predicted octanol–water partition coefficient (Wildman–Crippen LogP) is 3.12. The Morgan fingerprint density at radius 1 is 0.973 bits per heavy atom. The summed E-state index contributed by atoms with van der Waals surface area (Å²) >= 11 is 0. The number of hydrogen-bond donors (Lipinski definition) is 3. The van der Waals surface area contributed by atoms with Gasteiger partial charge in [0, 0.05) is 37.6 Å². The number of rotatable bonds is 11. The molecule has 3 rings (SSSR count). The van der Waals surface area contributed by atoms with E-state index in [1.54, 1.807) is 35.2 Å². The van der Waals surface area contributed by atoms with Crippen molar-refractivity contribution in [2.24, 2.45) is 5.92 Å². The molecule has 0 radical (unpaired) electrons. The Morgan fingerprint density at radius 3 is 2.22 bits per heavy atom. The van der Waals surface area contributed by atoms with Crippen molar-refractivity contribution in [1.29, 1.82) is 0 Å². The van der Waals surface area contributed by atoms with Crippen LogP contribution in [0.3, 0.4) is 0 Å². The average molecular weight is 527 g/mol. The number of aryl methyl sites for hydroxylation is 1. The number of sulfone groups is 1. The van der Waals surface area contributed by atoms with Crippen molar-refractivity contribution in [1.82, 2.24) is 20.9 Å². The van der Waals surface area contributed by atoms with Gasteiger partial charge in [-0.15, -0.1) is 0 Å². The van der Waals surface area contributed by atoms with Crippen LogP contribution in [0.2, 0.25) is 0 Å². The first kappa shape index (κ1) is 28.4. The first-order chi connectivity index (χ1) is 17.7. The van der Waals surface area contributed by atoms with E-state index >= 15 is 0 Å². The van der Waals surface area contributed by atoms with Gasteiger partial charge in [0.25, 0.3) is 0 Å². The molecule has 1 heterocycles. The molecule has 0 saturated carbocycles. The van der Waals surface area contributed by atoms with Crippen LogP contribution in [0.15, 0.2) is 77.0 Å². The molecule has 37 heavy (non-hydrogen) atoms. The molecule has 3 N–H and O–H groups in total. The van der Waals surface area contributed by atoms with Crippen LogP contribution in [0, 0.1) is 5.92 Å². The van der Waals surface area contributed by atoms with Gasteiger partial charge in [0.2, 0.25) is 5.91 Å². The SMILES string of the molecule is CC(C)C[C@H](NC(=O)N1CCNCC1)C(=O)N[C@H](C=CS(=O)(=O)c1ccccc1)CCc1ccccc1. The fourth-order valence-corrected chi connectivity index (χ4v) is 5.26. The number of hydrogen-bond acceptors (Lipinski definition) is 5. The van der Waals surface area contributed by atoms with Crippen LogP contribution in [0.4, 0.5) is 4.79 Å². The zero-order valence-electron chi connectivity index (χ0n) is 21.6. The fourth-order valence-electron chi connectivity index (χ4n) is 4.16. The standard InChI is InChI=1S/C28H38N4O4S/c1-22(2)21-26(31-28(34)32-18-16-29-17-19-32)27(33)30-24(14-13-23-9-5-3-6-10-23)15-20-37(35,36)25-11-7-4-8-12-25/h3-12,15,20,22,24,26,29H,13-14,16-19,21H2,1-2H3,(H,30,33)(H,31,34)/t24-,26-/m0/s1. The third-order valence-corrected chi connectivity index (χ3v) is 7.65. The van der Waals surface area contributed by atoms with Gasteiger partial charge in [-0.25, -0.2) is 13.2 Å². The van der Waals surface area contributed by atoms with Crippen LogP contribution in [0.1, 0.15) is 32.3 Å². The van der Waals surface area contributed by atoms with Gasteiger partial charge >= 0.3 is 6.03 Å². The highest BCUT2D eigenvalue weighted by molar-refractivity contribution is 7.94. The molecule has 0 aromatic heterocycles. The third kappa shape index (κ3) is 9.33. The van der Waals surface area contributed by atoms with Crippen molar-refractivity contribution < 1.29 is 18.0 Å². The predicted molar refractivity (Wildman–Crippen MR) is 146 cm³/mol. The molecule has 8 nitrogen and oxygen atoms in total. The van der Waals surface area contributed by atoms with Crippen molar-refractivity contribution in [3.8, 4) is 0 Å². The van der Waals surface area contributed by atoms with Crippen molar-refractivity contribution in [3.63, 3.8) is 0 Å². The van der Waals surface area contributed by atoms with Crippen LogP contribution in [-0.2, 0) is 21.1 Å². The molecule has 0 spiro atoms. The van der Waals surface area contributed by atoms with E-state index in [0.717, 1.165) is 24.1 Å². The number of urea groups is 1. The zero-order chi connectivity index (χ0) is 26.7. The van der Waals surface area contributed by atoms with Crippen molar-refractivity contribution >= 4 is 21.8 Å². The Hall–Kier alpha value is -3.17. The average Bonchev–Trinajstić information content (AvgIpc) is 2.91. The molecule has 0 aliphatic carbocycles. The number of piperazine rings is 1. The minimum absolute atomic E-state index is 0.177. The molecule has 200 valence electrons. The summed E-state index contributed by atoms with van der Waals surface area (Å²) in [6.45, 7) is 6.60. The molecular weight excluding hydrogens is 488 g/mol. The van der Waals surface area contributed by atoms with Gasteiger partial charge in [0.1, 0.15) is 6.04 Å². The van der Waals surface area contributed by atoms with Crippen molar-refractivity contribution in [2.75, 3.05) is 26.2 Å². The second kappa shape index (κ2) is 13.9. The first-order valence-electron chi connectivity index (χ1n) is 12.8. The van der Waals surface area contributed by atoms with Gasteiger partial charge < -0.3 is 20.9 Å². The molecule has 1 aliphatic rings. The van der Waals surface area contributed by atoms with E-state index in [9.17, 15) is 18.0 Å². The molecule has 0 bridgehead atoms. The Bertz CT molecular complexity index is 1130. The lowest BCUT2D eigenvalue weighted by Crippen LogP contribution is -2.56. The minimum Gasteiger partial charge on any atom is -0.348 e. The molecule has 2 aromatic rings. The van der Waals surface area contributed by atoms with Gasteiger partial charge in [-0.1, -0.05) is 68.5 Å². The van der Waals surface area contributed by atoms with Gasteiger partial charge in [0.15, 0.2) is 9.84 Å². The molecule has 1 fully saturated rings. The second-order valence-electron chi connectivity index (χ2n) is 9.69. The molecule has 9 heteroatoms. The molecule has 2 atom stereocenters. The van der Waals surface area contributed by atoms with E-state index in [2.05, 4.69) is 16.0 Å². The monoisotopic (exact) mass is 526 g/mol. The Morgan fingerprint density at radius 2 is 1.59 bits per heavy atom. The Kier molecular flexibility index (Phi) is 10.7. The van der Waals surface area contributed by atoms with Crippen LogP contribution in [-0.4, -0.2) is 63.5 Å². The van der Waals surface area contributed by atoms with Gasteiger partial charge in [-0.05, 0) is 42.9 Å². The van der Waals surface area contributed by atoms with E-state index in [4.69, 9.17) is 0 Å². The van der Waals surface area contributed by atoms with Crippen LogP contribution < -0.4 is 16.0 Å². The summed E-state index contributed by atoms with van der Waals surface area (Å²) in [6.07, 6.45) is 3.18. The number of amides is 3. The van der Waals surface area contributed by atoms with Crippen LogP contribution in [0.5, 0.6) is 0 Å². The fraction of sp³-hybridized carbons (Fsp3) is 0.429. The number of benzene rings is 2. The van der Waals surface area contributed by atoms with Crippen molar-refractivity contribution in [2.45, 2.75) is 50.1 Å². The highest BCUT2D eigenvalue weighted by Gasteiger charge is 2.26. The zero-order valence-corrected chi connectivity index (χ0v) is 22.4. The summed E-state index contributed by atoms with van der Waals surface area (Å²) in [4.78, 5) is 28.1. The summed E-state index contributed by atoms with van der Waals surface area (Å²) in [5, 5.41) is 10.3.